The number of rotatable bonds is 4. The highest BCUT2D eigenvalue weighted by atomic mass is 19.4. The van der Waals surface area contributed by atoms with Gasteiger partial charge in [-0.3, -0.25) is 14.7 Å². The standard InChI is InChI=1S/C23H21F3N4O5/c1-22(2,3)35-21(32)29-13-14(16-6-4-5-7-18(16)29)10-11-27-20(31)28-15-8-9-19(30(33)34)17(12-15)23(24,25)26/h4-13H,1-3H3,(H2,27,28,31)/b11-10+. The minimum Gasteiger partial charge on any atom is -0.443 e. The van der Waals surface area contributed by atoms with E-state index in [0.29, 0.717) is 28.6 Å². The molecule has 0 aliphatic carbocycles. The summed E-state index contributed by atoms with van der Waals surface area (Å²) in [4.78, 5) is 34.4. The van der Waals surface area contributed by atoms with E-state index in [4.69, 9.17) is 4.74 Å². The normalized spacial score (nSPS) is 12.1. The van der Waals surface area contributed by atoms with E-state index >= 15 is 0 Å². The Labute approximate surface area is 197 Å². The second kappa shape index (κ2) is 9.49. The van der Waals surface area contributed by atoms with Crippen LogP contribution in [0.3, 0.4) is 0 Å². The van der Waals surface area contributed by atoms with Gasteiger partial charge in [-0.2, -0.15) is 13.2 Å². The van der Waals surface area contributed by atoms with Crippen molar-refractivity contribution in [1.82, 2.24) is 9.88 Å². The van der Waals surface area contributed by atoms with Gasteiger partial charge in [0.25, 0.3) is 5.69 Å². The van der Waals surface area contributed by atoms with Crippen molar-refractivity contribution in [3.63, 3.8) is 0 Å². The number of fused-ring (bicyclic) bond motifs is 1. The first kappa shape index (κ1) is 25.3. The Morgan fingerprint density at radius 3 is 2.43 bits per heavy atom. The molecule has 1 aromatic heterocycles. The molecule has 0 atom stereocenters. The van der Waals surface area contributed by atoms with E-state index in [1.807, 2.05) is 0 Å². The average Bonchev–Trinajstić information content (AvgIpc) is 3.11. The first-order valence-corrected chi connectivity index (χ1v) is 10.2. The van der Waals surface area contributed by atoms with Crippen molar-refractivity contribution >= 4 is 40.5 Å². The van der Waals surface area contributed by atoms with E-state index in [0.717, 1.165) is 6.07 Å². The Bertz CT molecular complexity index is 1320. The molecule has 3 aromatic rings. The van der Waals surface area contributed by atoms with Crippen LogP contribution in [0.15, 0.2) is 54.9 Å². The molecule has 0 bridgehead atoms. The number of hydrogen-bond donors (Lipinski definition) is 2. The zero-order valence-corrected chi connectivity index (χ0v) is 18.8. The van der Waals surface area contributed by atoms with Crippen LogP contribution < -0.4 is 10.6 Å². The first-order chi connectivity index (χ1) is 16.3. The molecule has 0 saturated carbocycles. The lowest BCUT2D eigenvalue weighted by Gasteiger charge is -2.19. The van der Waals surface area contributed by atoms with Crippen molar-refractivity contribution < 1.29 is 32.4 Å². The Hall–Kier alpha value is -4.35. The molecular formula is C23H21F3N4O5. The lowest BCUT2D eigenvalue weighted by Crippen LogP contribution is -2.26. The summed E-state index contributed by atoms with van der Waals surface area (Å²) in [6.07, 6.45) is -1.29. The molecule has 0 unspecified atom stereocenters. The number of benzene rings is 2. The number of halogens is 3. The van der Waals surface area contributed by atoms with Gasteiger partial charge in [-0.1, -0.05) is 18.2 Å². The summed E-state index contributed by atoms with van der Waals surface area (Å²) >= 11 is 0. The molecule has 12 heteroatoms. The fourth-order valence-corrected chi connectivity index (χ4v) is 3.18. The number of carbonyl (C=O) groups excluding carboxylic acids is 2. The number of hydrogen-bond acceptors (Lipinski definition) is 5. The van der Waals surface area contributed by atoms with Crippen molar-refractivity contribution in [2.24, 2.45) is 0 Å². The summed E-state index contributed by atoms with van der Waals surface area (Å²) in [7, 11) is 0. The van der Waals surface area contributed by atoms with E-state index in [-0.39, 0.29) is 5.69 Å². The smallest absolute Gasteiger partial charge is 0.423 e. The Kier molecular flexibility index (Phi) is 6.85. The highest BCUT2D eigenvalue weighted by Crippen LogP contribution is 2.37. The molecule has 0 fully saturated rings. The minimum atomic E-state index is -4.97. The Morgan fingerprint density at radius 2 is 1.80 bits per heavy atom. The topological polar surface area (TPSA) is 116 Å². The quantitative estimate of drug-likeness (QED) is 0.337. The number of amides is 2. The van der Waals surface area contributed by atoms with Crippen LogP contribution >= 0.6 is 0 Å². The van der Waals surface area contributed by atoms with Gasteiger partial charge in [-0.05, 0) is 45.0 Å². The molecule has 0 spiro atoms. The third-order valence-corrected chi connectivity index (χ3v) is 4.57. The third kappa shape index (κ3) is 6.16. The predicted octanol–water partition coefficient (Wildman–Crippen LogP) is 6.14. The first-order valence-electron chi connectivity index (χ1n) is 10.2. The summed E-state index contributed by atoms with van der Waals surface area (Å²) in [6, 6.07) is 8.28. The van der Waals surface area contributed by atoms with Crippen LogP contribution in [0.1, 0.15) is 31.9 Å². The number of alkyl halides is 3. The van der Waals surface area contributed by atoms with E-state index in [1.54, 1.807) is 45.0 Å². The van der Waals surface area contributed by atoms with Crippen molar-refractivity contribution in [3.05, 3.63) is 76.1 Å². The Balaban J connectivity index is 1.77. The highest BCUT2D eigenvalue weighted by molar-refractivity contribution is 5.96. The molecule has 0 radical (unpaired) electrons. The van der Waals surface area contributed by atoms with Crippen LogP contribution in [0.2, 0.25) is 0 Å². The predicted molar refractivity (Wildman–Crippen MR) is 123 cm³/mol. The molecule has 0 aliphatic rings. The van der Waals surface area contributed by atoms with Crippen LogP contribution in [0.5, 0.6) is 0 Å². The minimum absolute atomic E-state index is 0.282. The fraction of sp³-hybridized carbons (Fsp3) is 0.217. The van der Waals surface area contributed by atoms with Crippen LogP contribution in [0.25, 0.3) is 17.0 Å². The lowest BCUT2D eigenvalue weighted by atomic mass is 10.1. The van der Waals surface area contributed by atoms with Gasteiger partial charge in [0.2, 0.25) is 0 Å². The molecule has 2 aromatic carbocycles. The summed E-state index contributed by atoms with van der Waals surface area (Å²) in [5.41, 5.74) is -2.44. The van der Waals surface area contributed by atoms with Crippen molar-refractivity contribution in [3.8, 4) is 0 Å². The number of urea groups is 1. The van der Waals surface area contributed by atoms with Gasteiger partial charge in [0, 0.05) is 35.1 Å². The van der Waals surface area contributed by atoms with E-state index in [9.17, 15) is 32.9 Å². The van der Waals surface area contributed by atoms with Crippen LogP contribution in [0, 0.1) is 10.1 Å². The zero-order chi connectivity index (χ0) is 26.0. The average molecular weight is 490 g/mol. The molecular weight excluding hydrogens is 469 g/mol. The van der Waals surface area contributed by atoms with Gasteiger partial charge in [0.1, 0.15) is 11.2 Å². The molecule has 0 aliphatic heterocycles. The van der Waals surface area contributed by atoms with Crippen LogP contribution in [0.4, 0.5) is 34.1 Å². The maximum atomic E-state index is 13.1. The van der Waals surface area contributed by atoms with Gasteiger partial charge in [0.15, 0.2) is 0 Å². The molecule has 3 rings (SSSR count). The summed E-state index contributed by atoms with van der Waals surface area (Å²) in [5, 5.41) is 16.1. The second-order valence-electron chi connectivity index (χ2n) is 8.37. The number of ether oxygens (including phenoxy) is 1. The lowest BCUT2D eigenvalue weighted by molar-refractivity contribution is -0.388. The van der Waals surface area contributed by atoms with Crippen molar-refractivity contribution in [2.75, 3.05) is 5.32 Å². The van der Waals surface area contributed by atoms with Gasteiger partial charge < -0.3 is 15.4 Å². The van der Waals surface area contributed by atoms with E-state index in [1.165, 1.54) is 23.0 Å². The molecule has 9 nitrogen and oxygen atoms in total. The van der Waals surface area contributed by atoms with Crippen LogP contribution in [-0.2, 0) is 10.9 Å². The monoisotopic (exact) mass is 490 g/mol. The van der Waals surface area contributed by atoms with Crippen molar-refractivity contribution in [1.29, 1.82) is 0 Å². The van der Waals surface area contributed by atoms with Crippen molar-refractivity contribution in [2.45, 2.75) is 32.5 Å². The number of nitrogens with zero attached hydrogens (tertiary/aromatic N) is 2. The third-order valence-electron chi connectivity index (χ3n) is 4.57. The summed E-state index contributed by atoms with van der Waals surface area (Å²) in [5.74, 6) is 0. The highest BCUT2D eigenvalue weighted by Gasteiger charge is 2.38. The van der Waals surface area contributed by atoms with Gasteiger partial charge in [-0.15, -0.1) is 0 Å². The van der Waals surface area contributed by atoms with Gasteiger partial charge >= 0.3 is 18.3 Å². The van der Waals surface area contributed by atoms with Crippen LogP contribution in [-0.4, -0.2) is 27.2 Å². The maximum Gasteiger partial charge on any atom is 0.423 e. The molecule has 1 heterocycles. The zero-order valence-electron chi connectivity index (χ0n) is 18.8. The number of carbonyl (C=O) groups is 2. The maximum absolute atomic E-state index is 13.1. The van der Waals surface area contributed by atoms with Gasteiger partial charge in [-0.25, -0.2) is 9.59 Å². The van der Waals surface area contributed by atoms with Gasteiger partial charge in [0.05, 0.1) is 10.4 Å². The number of para-hydroxylation sites is 1. The molecule has 35 heavy (non-hydrogen) atoms. The number of anilines is 1. The summed E-state index contributed by atoms with van der Waals surface area (Å²) < 4.78 is 46.1. The molecule has 2 N–H and O–H groups in total. The number of nitrogens with one attached hydrogen (secondary N) is 2. The Morgan fingerprint density at radius 1 is 1.11 bits per heavy atom. The van der Waals surface area contributed by atoms with E-state index < -0.39 is 40.1 Å². The number of nitro benzene ring substituents is 1. The fourth-order valence-electron chi connectivity index (χ4n) is 3.18. The molecule has 184 valence electrons. The number of nitro groups is 1. The SMILES string of the molecule is CC(C)(C)OC(=O)n1cc(/C=C/NC(=O)Nc2ccc([N+](=O)[O-])c(C(F)(F)F)c2)c2ccccc21. The summed E-state index contributed by atoms with van der Waals surface area (Å²) in [6.45, 7) is 5.22. The second-order valence-corrected chi connectivity index (χ2v) is 8.37. The van der Waals surface area contributed by atoms with E-state index in [2.05, 4.69) is 10.6 Å². The molecule has 2 amide bonds. The number of aromatic nitrogens is 1. The molecule has 0 saturated heterocycles. The largest absolute Gasteiger partial charge is 0.443 e.